The average molecular weight is 539 g/mol. The molecule has 0 bridgehead atoms. The fraction of sp³-hybridized carbons (Fsp3) is 0.259. The SMILES string of the molecule is CCOC(=O)C1=C(C)N=c2s/c(=C/c3ccc(OCC(=O)O)cc3)c(=O)n2[C@@H]1c1cc(OC)ccc1OC. The molecule has 0 saturated heterocycles. The Bertz CT molecular complexity index is 1580. The van der Waals surface area contributed by atoms with Crippen LogP contribution < -0.4 is 29.1 Å². The highest BCUT2D eigenvalue weighted by atomic mass is 32.1. The number of hydrogen-bond donors (Lipinski definition) is 1. The van der Waals surface area contributed by atoms with Crippen molar-refractivity contribution in [3.63, 3.8) is 0 Å². The molecule has 2 heterocycles. The molecule has 10 nitrogen and oxygen atoms in total. The Morgan fingerprint density at radius 3 is 2.45 bits per heavy atom. The van der Waals surface area contributed by atoms with Gasteiger partial charge in [0.05, 0.1) is 36.6 Å². The lowest BCUT2D eigenvalue weighted by Gasteiger charge is -2.26. The summed E-state index contributed by atoms with van der Waals surface area (Å²) in [4.78, 5) is 42.6. The Morgan fingerprint density at radius 1 is 1.11 bits per heavy atom. The van der Waals surface area contributed by atoms with Gasteiger partial charge in [-0.3, -0.25) is 9.36 Å². The Hall–Kier alpha value is -4.38. The fourth-order valence-electron chi connectivity index (χ4n) is 4.10. The fourth-order valence-corrected chi connectivity index (χ4v) is 5.14. The number of carbonyl (C=O) groups is 2. The monoisotopic (exact) mass is 538 g/mol. The van der Waals surface area contributed by atoms with E-state index in [0.29, 0.717) is 43.4 Å². The third kappa shape index (κ3) is 5.32. The maximum absolute atomic E-state index is 13.8. The third-order valence-corrected chi connectivity index (χ3v) is 6.77. The molecule has 1 atom stereocenters. The zero-order valence-electron chi connectivity index (χ0n) is 21.2. The van der Waals surface area contributed by atoms with E-state index in [0.717, 1.165) is 0 Å². The number of carboxylic acid groups (broad SMARTS) is 1. The number of aliphatic carboxylic acids is 1. The minimum atomic E-state index is -1.07. The smallest absolute Gasteiger partial charge is 0.341 e. The molecule has 1 aliphatic heterocycles. The van der Waals surface area contributed by atoms with Crippen LogP contribution in [0.3, 0.4) is 0 Å². The van der Waals surface area contributed by atoms with Crippen molar-refractivity contribution in [1.82, 2.24) is 4.57 Å². The molecule has 0 radical (unpaired) electrons. The first kappa shape index (κ1) is 26.7. The normalized spacial score (nSPS) is 14.9. The van der Waals surface area contributed by atoms with Gasteiger partial charge in [0, 0.05) is 5.56 Å². The molecule has 1 aromatic heterocycles. The molecule has 0 unspecified atom stereocenters. The van der Waals surface area contributed by atoms with Crippen LogP contribution in [0.1, 0.15) is 31.0 Å². The molecular formula is C27H26N2O8S. The average Bonchev–Trinajstić information content (AvgIpc) is 3.21. The molecule has 0 fully saturated rings. The maximum Gasteiger partial charge on any atom is 0.341 e. The highest BCUT2D eigenvalue weighted by Crippen LogP contribution is 2.37. The van der Waals surface area contributed by atoms with Crippen molar-refractivity contribution >= 4 is 29.4 Å². The van der Waals surface area contributed by atoms with Crippen LogP contribution in [0.15, 0.2) is 63.5 Å². The number of thiazole rings is 1. The molecule has 0 aliphatic carbocycles. The van der Waals surface area contributed by atoms with Gasteiger partial charge in [-0.25, -0.2) is 14.6 Å². The van der Waals surface area contributed by atoms with Crippen LogP contribution in [0.5, 0.6) is 17.2 Å². The topological polar surface area (TPSA) is 126 Å². The number of hydrogen-bond acceptors (Lipinski definition) is 9. The van der Waals surface area contributed by atoms with Gasteiger partial charge in [0.25, 0.3) is 5.56 Å². The lowest BCUT2D eigenvalue weighted by Crippen LogP contribution is -2.40. The van der Waals surface area contributed by atoms with E-state index in [-0.39, 0.29) is 17.7 Å². The van der Waals surface area contributed by atoms with Crippen LogP contribution in [-0.2, 0) is 14.3 Å². The largest absolute Gasteiger partial charge is 0.497 e. The first-order valence-electron chi connectivity index (χ1n) is 11.6. The van der Waals surface area contributed by atoms with Gasteiger partial charge in [-0.05, 0) is 55.8 Å². The van der Waals surface area contributed by atoms with Crippen molar-refractivity contribution in [3.8, 4) is 17.2 Å². The highest BCUT2D eigenvalue weighted by Gasteiger charge is 2.35. The van der Waals surface area contributed by atoms with E-state index in [9.17, 15) is 14.4 Å². The number of nitrogens with zero attached hydrogens (tertiary/aromatic N) is 2. The molecule has 0 spiro atoms. The number of allylic oxidation sites excluding steroid dienone is 1. The second-order valence-electron chi connectivity index (χ2n) is 8.16. The van der Waals surface area contributed by atoms with Crippen molar-refractivity contribution < 1.29 is 33.6 Å². The standard InChI is InChI=1S/C27H26N2O8S/c1-5-36-26(33)23-15(2)28-27-29(24(23)19-13-18(34-3)10-11-20(19)35-4)25(32)21(38-27)12-16-6-8-17(9-7-16)37-14-22(30)31/h6-13,24H,5,14H2,1-4H3,(H,30,31)/b21-12+/t24-/m1/s1. The second-order valence-corrected chi connectivity index (χ2v) is 9.17. The Labute approximate surface area is 221 Å². The predicted molar refractivity (Wildman–Crippen MR) is 140 cm³/mol. The molecule has 198 valence electrons. The summed E-state index contributed by atoms with van der Waals surface area (Å²) < 4.78 is 23.4. The summed E-state index contributed by atoms with van der Waals surface area (Å²) in [5, 5.41) is 8.78. The maximum atomic E-state index is 13.8. The van der Waals surface area contributed by atoms with Crippen molar-refractivity contribution in [3.05, 3.63) is 84.5 Å². The van der Waals surface area contributed by atoms with Gasteiger partial charge >= 0.3 is 11.9 Å². The van der Waals surface area contributed by atoms with Gasteiger partial charge in [-0.15, -0.1) is 0 Å². The molecular weight excluding hydrogens is 512 g/mol. The summed E-state index contributed by atoms with van der Waals surface area (Å²) in [7, 11) is 3.04. The quantitative estimate of drug-likeness (QED) is 0.412. The van der Waals surface area contributed by atoms with E-state index in [1.54, 1.807) is 62.4 Å². The first-order valence-corrected chi connectivity index (χ1v) is 12.4. The summed E-state index contributed by atoms with van der Waals surface area (Å²) in [6.07, 6.45) is 1.70. The zero-order chi connectivity index (χ0) is 27.4. The summed E-state index contributed by atoms with van der Waals surface area (Å²) in [5.74, 6) is -0.250. The number of esters is 1. The van der Waals surface area contributed by atoms with Crippen molar-refractivity contribution in [2.45, 2.75) is 19.9 Å². The zero-order valence-corrected chi connectivity index (χ0v) is 22.0. The second kappa shape index (κ2) is 11.3. The summed E-state index contributed by atoms with van der Waals surface area (Å²) in [6.45, 7) is 3.13. The van der Waals surface area contributed by atoms with Gasteiger partial charge in [-0.2, -0.15) is 0 Å². The molecule has 2 aromatic carbocycles. The van der Waals surface area contributed by atoms with Gasteiger partial charge in [-0.1, -0.05) is 23.5 Å². The highest BCUT2D eigenvalue weighted by molar-refractivity contribution is 7.07. The van der Waals surface area contributed by atoms with Crippen LogP contribution in [0, 0.1) is 0 Å². The number of carboxylic acids is 1. The first-order chi connectivity index (χ1) is 18.3. The van der Waals surface area contributed by atoms with E-state index in [2.05, 4.69) is 4.99 Å². The molecule has 0 saturated carbocycles. The third-order valence-electron chi connectivity index (χ3n) is 5.79. The molecule has 1 N–H and O–H groups in total. The van der Waals surface area contributed by atoms with Gasteiger partial charge < -0.3 is 24.1 Å². The molecule has 38 heavy (non-hydrogen) atoms. The van der Waals surface area contributed by atoms with Crippen molar-refractivity contribution in [2.24, 2.45) is 4.99 Å². The summed E-state index contributed by atoms with van der Waals surface area (Å²) in [5.41, 5.74) is 1.58. The number of benzene rings is 2. The lowest BCUT2D eigenvalue weighted by molar-refractivity contribution is -0.140. The minimum Gasteiger partial charge on any atom is -0.497 e. The van der Waals surface area contributed by atoms with Crippen LogP contribution >= 0.6 is 11.3 Å². The van der Waals surface area contributed by atoms with Gasteiger partial charge in [0.1, 0.15) is 23.3 Å². The van der Waals surface area contributed by atoms with E-state index in [1.165, 1.54) is 30.1 Å². The van der Waals surface area contributed by atoms with Gasteiger partial charge in [0.2, 0.25) is 0 Å². The van der Waals surface area contributed by atoms with E-state index >= 15 is 0 Å². The van der Waals surface area contributed by atoms with Crippen molar-refractivity contribution in [2.75, 3.05) is 27.4 Å². The van der Waals surface area contributed by atoms with E-state index in [4.69, 9.17) is 24.1 Å². The molecule has 0 amide bonds. The van der Waals surface area contributed by atoms with Crippen molar-refractivity contribution in [1.29, 1.82) is 0 Å². The number of methoxy groups -OCH3 is 2. The number of fused-ring (bicyclic) bond motifs is 1. The number of ether oxygens (including phenoxy) is 4. The molecule has 3 aromatic rings. The Kier molecular flexibility index (Phi) is 7.96. The Balaban J connectivity index is 1.88. The molecule has 11 heteroatoms. The lowest BCUT2D eigenvalue weighted by atomic mass is 9.94. The van der Waals surface area contributed by atoms with Crippen LogP contribution in [0.4, 0.5) is 0 Å². The molecule has 4 rings (SSSR count). The van der Waals surface area contributed by atoms with E-state index < -0.39 is 24.6 Å². The number of carbonyl (C=O) groups excluding carboxylic acids is 1. The van der Waals surface area contributed by atoms with E-state index in [1.807, 2.05) is 0 Å². The summed E-state index contributed by atoms with van der Waals surface area (Å²) in [6, 6.07) is 11.0. The minimum absolute atomic E-state index is 0.161. The molecule has 1 aliphatic rings. The number of aromatic nitrogens is 1. The summed E-state index contributed by atoms with van der Waals surface area (Å²) >= 11 is 1.19. The van der Waals surface area contributed by atoms with Crippen LogP contribution in [0.25, 0.3) is 6.08 Å². The van der Waals surface area contributed by atoms with Crippen LogP contribution in [0.2, 0.25) is 0 Å². The predicted octanol–water partition coefficient (Wildman–Crippen LogP) is 2.28. The Morgan fingerprint density at radius 2 is 1.82 bits per heavy atom. The van der Waals surface area contributed by atoms with Gasteiger partial charge in [0.15, 0.2) is 11.4 Å². The van der Waals surface area contributed by atoms with Crippen LogP contribution in [-0.4, -0.2) is 49.0 Å². The number of rotatable bonds is 9.